The lowest BCUT2D eigenvalue weighted by Crippen LogP contribution is -2.15. The van der Waals surface area contributed by atoms with Crippen molar-refractivity contribution in [2.24, 2.45) is 5.73 Å². The van der Waals surface area contributed by atoms with E-state index >= 15 is 0 Å². The third kappa shape index (κ3) is 2.51. The lowest BCUT2D eigenvalue weighted by atomic mass is 9.97. The van der Waals surface area contributed by atoms with E-state index in [4.69, 9.17) is 10.5 Å². The van der Waals surface area contributed by atoms with Crippen LogP contribution in [0.3, 0.4) is 0 Å². The Labute approximate surface area is 108 Å². The molecule has 0 aliphatic heterocycles. The number of pyridine rings is 1. The minimum absolute atomic E-state index is 0.207. The monoisotopic (exact) mass is 242 g/mol. The fourth-order valence-corrected chi connectivity index (χ4v) is 1.99. The van der Waals surface area contributed by atoms with Gasteiger partial charge in [0.2, 0.25) is 0 Å². The van der Waals surface area contributed by atoms with Gasteiger partial charge in [0, 0.05) is 18.0 Å². The van der Waals surface area contributed by atoms with E-state index in [9.17, 15) is 0 Å². The summed E-state index contributed by atoms with van der Waals surface area (Å²) in [6.07, 6.45) is 3.60. The quantitative estimate of drug-likeness (QED) is 0.896. The van der Waals surface area contributed by atoms with Gasteiger partial charge in [-0.1, -0.05) is 18.2 Å². The van der Waals surface area contributed by atoms with Gasteiger partial charge in [-0.3, -0.25) is 4.98 Å². The number of benzene rings is 1. The van der Waals surface area contributed by atoms with Crippen LogP contribution in [0.1, 0.15) is 29.7 Å². The summed E-state index contributed by atoms with van der Waals surface area (Å²) in [5.41, 5.74) is 9.50. The van der Waals surface area contributed by atoms with Crippen molar-refractivity contribution in [3.63, 3.8) is 0 Å². The third-order valence-corrected chi connectivity index (χ3v) is 2.97. The number of aromatic nitrogens is 1. The molecule has 2 aromatic rings. The van der Waals surface area contributed by atoms with Gasteiger partial charge in [0.15, 0.2) is 0 Å². The van der Waals surface area contributed by atoms with Crippen molar-refractivity contribution in [3.05, 3.63) is 59.4 Å². The van der Waals surface area contributed by atoms with E-state index in [0.717, 1.165) is 22.4 Å². The average molecular weight is 242 g/mol. The van der Waals surface area contributed by atoms with Crippen LogP contribution in [0, 0.1) is 6.92 Å². The molecule has 1 aromatic carbocycles. The molecule has 0 bridgehead atoms. The highest BCUT2D eigenvalue weighted by Crippen LogP contribution is 2.29. The number of ether oxygens (including phenoxy) is 1. The lowest BCUT2D eigenvalue weighted by Gasteiger charge is -2.18. The topological polar surface area (TPSA) is 48.1 Å². The molecule has 0 aliphatic carbocycles. The molecular formula is C15H18N2O. The van der Waals surface area contributed by atoms with Crippen molar-refractivity contribution in [2.45, 2.75) is 19.9 Å². The van der Waals surface area contributed by atoms with Crippen LogP contribution in [0.2, 0.25) is 0 Å². The van der Waals surface area contributed by atoms with Crippen molar-refractivity contribution in [1.29, 1.82) is 0 Å². The van der Waals surface area contributed by atoms with Crippen LogP contribution in [-0.2, 0) is 0 Å². The van der Waals surface area contributed by atoms with E-state index in [-0.39, 0.29) is 6.04 Å². The summed E-state index contributed by atoms with van der Waals surface area (Å²) in [5, 5.41) is 0. The molecule has 1 unspecified atom stereocenters. The summed E-state index contributed by atoms with van der Waals surface area (Å²) in [6.45, 7) is 4.65. The Balaban J connectivity index is 2.40. The van der Waals surface area contributed by atoms with Gasteiger partial charge >= 0.3 is 0 Å². The highest BCUT2D eigenvalue weighted by Gasteiger charge is 2.15. The van der Waals surface area contributed by atoms with Gasteiger partial charge in [0.05, 0.1) is 12.6 Å². The molecule has 0 saturated heterocycles. The molecule has 0 radical (unpaired) electrons. The molecule has 3 heteroatoms. The molecule has 2 rings (SSSR count). The maximum atomic E-state index is 6.33. The minimum atomic E-state index is -0.207. The molecule has 0 amide bonds. The van der Waals surface area contributed by atoms with E-state index in [1.54, 1.807) is 6.20 Å². The summed E-state index contributed by atoms with van der Waals surface area (Å²) in [7, 11) is 0. The van der Waals surface area contributed by atoms with Crippen LogP contribution in [0.4, 0.5) is 0 Å². The highest BCUT2D eigenvalue weighted by atomic mass is 16.5. The van der Waals surface area contributed by atoms with Gasteiger partial charge in [-0.2, -0.15) is 0 Å². The number of nitrogens with zero attached hydrogens (tertiary/aromatic N) is 1. The summed E-state index contributed by atoms with van der Waals surface area (Å²) in [5.74, 6) is 0.843. The number of rotatable bonds is 4. The van der Waals surface area contributed by atoms with Crippen LogP contribution in [0.25, 0.3) is 0 Å². The van der Waals surface area contributed by atoms with Crippen LogP contribution in [0.15, 0.2) is 42.7 Å². The van der Waals surface area contributed by atoms with Gasteiger partial charge in [-0.15, -0.1) is 0 Å². The van der Waals surface area contributed by atoms with E-state index in [0.29, 0.717) is 6.61 Å². The van der Waals surface area contributed by atoms with Crippen LogP contribution < -0.4 is 10.5 Å². The van der Waals surface area contributed by atoms with Crippen molar-refractivity contribution >= 4 is 0 Å². The first-order valence-electron chi connectivity index (χ1n) is 6.12. The van der Waals surface area contributed by atoms with Crippen molar-refractivity contribution in [2.75, 3.05) is 6.61 Å². The Morgan fingerprint density at radius 1 is 1.22 bits per heavy atom. The summed E-state index contributed by atoms with van der Waals surface area (Å²) < 4.78 is 5.62. The second-order valence-corrected chi connectivity index (χ2v) is 4.18. The van der Waals surface area contributed by atoms with Gasteiger partial charge < -0.3 is 10.5 Å². The zero-order valence-corrected chi connectivity index (χ0v) is 10.8. The minimum Gasteiger partial charge on any atom is -0.494 e. The summed E-state index contributed by atoms with van der Waals surface area (Å²) >= 11 is 0. The fraction of sp³-hybridized carbons (Fsp3) is 0.267. The highest BCUT2D eigenvalue weighted by molar-refractivity contribution is 5.42. The molecule has 1 aromatic heterocycles. The third-order valence-electron chi connectivity index (χ3n) is 2.97. The van der Waals surface area contributed by atoms with Crippen LogP contribution in [-0.4, -0.2) is 11.6 Å². The van der Waals surface area contributed by atoms with E-state index in [2.05, 4.69) is 4.98 Å². The zero-order chi connectivity index (χ0) is 13.0. The maximum Gasteiger partial charge on any atom is 0.124 e. The zero-order valence-electron chi connectivity index (χ0n) is 10.8. The number of aryl methyl sites for hydroxylation is 1. The number of nitrogens with two attached hydrogens (primary N) is 1. The first-order valence-corrected chi connectivity index (χ1v) is 6.12. The van der Waals surface area contributed by atoms with Gasteiger partial charge in [-0.05, 0) is 37.1 Å². The SMILES string of the molecule is CCOc1ccccc1C(N)c1cnccc1C. The second kappa shape index (κ2) is 5.65. The fourth-order valence-electron chi connectivity index (χ4n) is 1.99. The second-order valence-electron chi connectivity index (χ2n) is 4.18. The Bertz CT molecular complexity index is 525. The first kappa shape index (κ1) is 12.6. The molecule has 0 saturated carbocycles. The van der Waals surface area contributed by atoms with E-state index < -0.39 is 0 Å². The van der Waals surface area contributed by atoms with Crippen LogP contribution >= 0.6 is 0 Å². The Hall–Kier alpha value is -1.87. The average Bonchev–Trinajstić information content (AvgIpc) is 2.40. The Morgan fingerprint density at radius 2 is 2.00 bits per heavy atom. The summed E-state index contributed by atoms with van der Waals surface area (Å²) in [6, 6.07) is 9.65. The number of para-hydroxylation sites is 1. The Kier molecular flexibility index (Phi) is 3.95. The number of hydrogen-bond donors (Lipinski definition) is 1. The van der Waals surface area contributed by atoms with Crippen LogP contribution in [0.5, 0.6) is 5.75 Å². The predicted molar refractivity (Wildman–Crippen MR) is 72.6 cm³/mol. The first-order chi connectivity index (χ1) is 8.74. The molecule has 2 N–H and O–H groups in total. The number of hydrogen-bond acceptors (Lipinski definition) is 3. The maximum absolute atomic E-state index is 6.33. The van der Waals surface area contributed by atoms with Crippen molar-refractivity contribution in [3.8, 4) is 5.75 Å². The molecule has 0 spiro atoms. The smallest absolute Gasteiger partial charge is 0.124 e. The van der Waals surface area contributed by atoms with E-state index in [1.807, 2.05) is 50.4 Å². The summed E-state index contributed by atoms with van der Waals surface area (Å²) in [4.78, 5) is 4.15. The molecule has 3 nitrogen and oxygen atoms in total. The molecule has 18 heavy (non-hydrogen) atoms. The molecule has 94 valence electrons. The largest absolute Gasteiger partial charge is 0.494 e. The molecule has 0 fully saturated rings. The molecule has 1 heterocycles. The van der Waals surface area contributed by atoms with Gasteiger partial charge in [-0.25, -0.2) is 0 Å². The van der Waals surface area contributed by atoms with Gasteiger partial charge in [0.25, 0.3) is 0 Å². The lowest BCUT2D eigenvalue weighted by molar-refractivity contribution is 0.335. The Morgan fingerprint density at radius 3 is 2.72 bits per heavy atom. The van der Waals surface area contributed by atoms with Crippen molar-refractivity contribution in [1.82, 2.24) is 4.98 Å². The standard InChI is InChI=1S/C15H18N2O/c1-3-18-14-7-5-4-6-12(14)15(16)13-10-17-9-8-11(13)2/h4-10,15H,3,16H2,1-2H3. The molecule has 0 aliphatic rings. The predicted octanol–water partition coefficient (Wildman–Crippen LogP) is 2.84. The molecular weight excluding hydrogens is 224 g/mol. The van der Waals surface area contributed by atoms with Gasteiger partial charge in [0.1, 0.15) is 5.75 Å². The van der Waals surface area contributed by atoms with E-state index in [1.165, 1.54) is 0 Å². The normalized spacial score (nSPS) is 12.2. The molecule has 1 atom stereocenters. The van der Waals surface area contributed by atoms with Crippen molar-refractivity contribution < 1.29 is 4.74 Å².